The van der Waals surface area contributed by atoms with Gasteiger partial charge in [-0.15, -0.1) is 0 Å². The molecule has 1 fully saturated rings. The molecule has 11 heavy (non-hydrogen) atoms. The first-order valence-corrected chi connectivity index (χ1v) is 5.91. The van der Waals surface area contributed by atoms with Crippen molar-refractivity contribution in [3.05, 3.63) is 0 Å². The molecule has 0 spiro atoms. The Morgan fingerprint density at radius 2 is 2.27 bits per heavy atom. The van der Waals surface area contributed by atoms with Crippen molar-refractivity contribution in [1.29, 1.82) is 0 Å². The Hall–Kier alpha value is 0.110. The van der Waals surface area contributed by atoms with Crippen molar-refractivity contribution >= 4 is 10.8 Å². The van der Waals surface area contributed by atoms with Crippen LogP contribution in [0.3, 0.4) is 0 Å². The third-order valence-electron chi connectivity index (χ3n) is 2.40. The van der Waals surface area contributed by atoms with E-state index >= 15 is 0 Å². The lowest BCUT2D eigenvalue weighted by Crippen LogP contribution is -2.15. The van der Waals surface area contributed by atoms with Crippen LogP contribution in [0.1, 0.15) is 25.7 Å². The molecule has 0 aromatic heterocycles. The van der Waals surface area contributed by atoms with Gasteiger partial charge >= 0.3 is 0 Å². The molecule has 0 bridgehead atoms. The third-order valence-corrected chi connectivity index (χ3v) is 3.21. The molecule has 0 aliphatic heterocycles. The molecule has 1 N–H and O–H groups in total. The average molecular weight is 176 g/mol. The zero-order valence-corrected chi connectivity index (χ0v) is 7.77. The zero-order chi connectivity index (χ0) is 8.27. The van der Waals surface area contributed by atoms with Gasteiger partial charge in [0.05, 0.1) is 6.10 Å². The van der Waals surface area contributed by atoms with Gasteiger partial charge < -0.3 is 5.11 Å². The van der Waals surface area contributed by atoms with Crippen LogP contribution in [0.4, 0.5) is 0 Å². The van der Waals surface area contributed by atoms with Crippen LogP contribution in [0.2, 0.25) is 0 Å². The molecular formula is C8H16O2S. The lowest BCUT2D eigenvalue weighted by atomic mass is 10.0. The first kappa shape index (κ1) is 9.20. The summed E-state index contributed by atoms with van der Waals surface area (Å²) < 4.78 is 10.7. The maximum Gasteiger partial charge on any atom is 0.0568 e. The van der Waals surface area contributed by atoms with Gasteiger partial charge in [-0.25, -0.2) is 0 Å². The summed E-state index contributed by atoms with van der Waals surface area (Å²) in [7, 11) is -0.688. The molecule has 0 aromatic rings. The van der Waals surface area contributed by atoms with Crippen LogP contribution in [0, 0.1) is 5.92 Å². The molecule has 0 saturated heterocycles. The monoisotopic (exact) mass is 176 g/mol. The van der Waals surface area contributed by atoms with Gasteiger partial charge in [0.15, 0.2) is 0 Å². The summed E-state index contributed by atoms with van der Waals surface area (Å²) in [4.78, 5) is 0. The van der Waals surface area contributed by atoms with E-state index in [0.717, 1.165) is 31.4 Å². The van der Waals surface area contributed by atoms with Crippen LogP contribution in [-0.4, -0.2) is 27.4 Å². The van der Waals surface area contributed by atoms with Crippen molar-refractivity contribution < 1.29 is 9.32 Å². The van der Waals surface area contributed by atoms with E-state index in [-0.39, 0.29) is 6.10 Å². The SMILES string of the molecule is CS(=O)CCC1CCCC1O. The molecule has 0 amide bonds. The highest BCUT2D eigenvalue weighted by Crippen LogP contribution is 2.28. The van der Waals surface area contributed by atoms with E-state index < -0.39 is 10.8 Å². The fraction of sp³-hybridized carbons (Fsp3) is 1.00. The molecule has 0 radical (unpaired) electrons. The second-order valence-corrected chi connectivity index (χ2v) is 4.88. The molecule has 1 aliphatic rings. The minimum atomic E-state index is -0.688. The van der Waals surface area contributed by atoms with Gasteiger partial charge in [-0.3, -0.25) is 4.21 Å². The number of aliphatic hydroxyl groups excluding tert-OH is 1. The van der Waals surface area contributed by atoms with Crippen molar-refractivity contribution in [2.45, 2.75) is 31.8 Å². The summed E-state index contributed by atoms with van der Waals surface area (Å²) in [5.74, 6) is 1.18. The van der Waals surface area contributed by atoms with E-state index in [1.807, 2.05) is 0 Å². The van der Waals surface area contributed by atoms with Gasteiger partial charge in [-0.1, -0.05) is 6.42 Å². The van der Waals surface area contributed by atoms with Crippen molar-refractivity contribution in [1.82, 2.24) is 0 Å². The fourth-order valence-corrected chi connectivity index (χ4v) is 2.31. The molecule has 1 rings (SSSR count). The van der Waals surface area contributed by atoms with Crippen molar-refractivity contribution in [2.24, 2.45) is 5.92 Å². The number of aliphatic hydroxyl groups is 1. The third kappa shape index (κ3) is 2.91. The lowest BCUT2D eigenvalue weighted by molar-refractivity contribution is 0.131. The Balaban J connectivity index is 2.20. The van der Waals surface area contributed by atoms with Gasteiger partial charge in [0.2, 0.25) is 0 Å². The van der Waals surface area contributed by atoms with Crippen LogP contribution in [-0.2, 0) is 10.8 Å². The van der Waals surface area contributed by atoms with Gasteiger partial charge in [0.1, 0.15) is 0 Å². The summed E-state index contributed by atoms with van der Waals surface area (Å²) in [5.41, 5.74) is 0. The molecule has 3 heteroatoms. The molecule has 1 saturated carbocycles. The van der Waals surface area contributed by atoms with Gasteiger partial charge in [0, 0.05) is 22.8 Å². The van der Waals surface area contributed by atoms with Crippen molar-refractivity contribution in [3.63, 3.8) is 0 Å². The summed E-state index contributed by atoms with van der Waals surface area (Å²) in [6, 6.07) is 0. The first-order valence-electron chi connectivity index (χ1n) is 4.18. The fourth-order valence-electron chi connectivity index (χ4n) is 1.67. The number of hydrogen-bond donors (Lipinski definition) is 1. The van der Waals surface area contributed by atoms with Crippen LogP contribution < -0.4 is 0 Å². The summed E-state index contributed by atoms with van der Waals surface area (Å²) in [6.07, 6.45) is 5.76. The normalized spacial score (nSPS) is 34.0. The quantitative estimate of drug-likeness (QED) is 0.694. The van der Waals surface area contributed by atoms with Crippen LogP contribution >= 0.6 is 0 Å². The summed E-state index contributed by atoms with van der Waals surface area (Å²) in [5, 5.41) is 9.40. The summed E-state index contributed by atoms with van der Waals surface area (Å²) >= 11 is 0. The molecular weight excluding hydrogens is 160 g/mol. The summed E-state index contributed by atoms with van der Waals surface area (Å²) in [6.45, 7) is 0. The highest BCUT2D eigenvalue weighted by Gasteiger charge is 2.24. The van der Waals surface area contributed by atoms with Crippen molar-refractivity contribution in [2.75, 3.05) is 12.0 Å². The molecule has 1 aliphatic carbocycles. The Morgan fingerprint density at radius 3 is 2.73 bits per heavy atom. The van der Waals surface area contributed by atoms with Gasteiger partial charge in [0.25, 0.3) is 0 Å². The molecule has 0 heterocycles. The maximum absolute atomic E-state index is 10.7. The average Bonchev–Trinajstić information content (AvgIpc) is 2.31. The number of rotatable bonds is 3. The lowest BCUT2D eigenvalue weighted by Gasteiger charge is -2.12. The zero-order valence-electron chi connectivity index (χ0n) is 6.95. The Bertz CT molecular complexity index is 147. The predicted octanol–water partition coefficient (Wildman–Crippen LogP) is 0.916. The van der Waals surface area contributed by atoms with E-state index in [9.17, 15) is 9.32 Å². The molecule has 3 atom stereocenters. The highest BCUT2D eigenvalue weighted by molar-refractivity contribution is 7.84. The van der Waals surface area contributed by atoms with Gasteiger partial charge in [-0.2, -0.15) is 0 Å². The second-order valence-electron chi connectivity index (χ2n) is 3.32. The van der Waals surface area contributed by atoms with E-state index in [2.05, 4.69) is 0 Å². The minimum absolute atomic E-state index is 0.112. The van der Waals surface area contributed by atoms with Crippen LogP contribution in [0.15, 0.2) is 0 Å². The highest BCUT2D eigenvalue weighted by atomic mass is 32.2. The van der Waals surface area contributed by atoms with E-state index in [1.54, 1.807) is 6.26 Å². The van der Waals surface area contributed by atoms with E-state index in [0.29, 0.717) is 5.92 Å². The second kappa shape index (κ2) is 4.21. The maximum atomic E-state index is 10.7. The minimum Gasteiger partial charge on any atom is -0.393 e. The predicted molar refractivity (Wildman–Crippen MR) is 46.9 cm³/mol. The molecule has 66 valence electrons. The topological polar surface area (TPSA) is 37.3 Å². The largest absolute Gasteiger partial charge is 0.393 e. The standard InChI is InChI=1S/C8H16O2S/c1-11(10)6-5-7-3-2-4-8(7)9/h7-9H,2-6H2,1H3. The molecule has 2 nitrogen and oxygen atoms in total. The van der Waals surface area contributed by atoms with E-state index in [4.69, 9.17) is 0 Å². The Labute approximate surface area is 70.5 Å². The molecule has 3 unspecified atom stereocenters. The number of hydrogen-bond acceptors (Lipinski definition) is 2. The van der Waals surface area contributed by atoms with Crippen LogP contribution in [0.25, 0.3) is 0 Å². The first-order chi connectivity index (χ1) is 5.20. The van der Waals surface area contributed by atoms with E-state index in [1.165, 1.54) is 0 Å². The van der Waals surface area contributed by atoms with Crippen LogP contribution in [0.5, 0.6) is 0 Å². The van der Waals surface area contributed by atoms with Gasteiger partial charge in [-0.05, 0) is 25.2 Å². The Kier molecular flexibility index (Phi) is 3.52. The molecule has 0 aromatic carbocycles. The van der Waals surface area contributed by atoms with Crippen molar-refractivity contribution in [3.8, 4) is 0 Å². The Morgan fingerprint density at radius 1 is 1.55 bits per heavy atom. The smallest absolute Gasteiger partial charge is 0.0568 e.